The molecule has 2 amide bonds. The lowest BCUT2D eigenvalue weighted by Gasteiger charge is -2.14. The SMILES string of the molecule is O=C1[C@H]2[C@H](C(=O)N1c1ccn(Cc3ccc(Cl)cc3)n1)[C@H]1C=C[C@H]2C1. The van der Waals surface area contributed by atoms with Crippen molar-refractivity contribution in [2.24, 2.45) is 23.7 Å². The summed E-state index contributed by atoms with van der Waals surface area (Å²) in [6.07, 6.45) is 6.93. The fourth-order valence-corrected chi connectivity index (χ4v) is 4.59. The molecule has 3 aliphatic rings. The normalized spacial score (nSPS) is 29.7. The standard InChI is InChI=1S/C19H16ClN3O2/c20-14-5-1-11(2-6-14)10-22-8-7-15(21-22)23-18(24)16-12-3-4-13(9-12)17(16)19(23)25/h1-8,12-13,16-17H,9-10H2/t12-,13-,16+,17+/m0/s1. The van der Waals surface area contributed by atoms with Gasteiger partial charge in [0, 0.05) is 17.3 Å². The Morgan fingerprint density at radius 3 is 2.28 bits per heavy atom. The van der Waals surface area contributed by atoms with Gasteiger partial charge in [-0.05, 0) is 36.0 Å². The van der Waals surface area contributed by atoms with Gasteiger partial charge < -0.3 is 0 Å². The Bertz CT molecular complexity index is 872. The largest absolute Gasteiger partial charge is 0.274 e. The summed E-state index contributed by atoms with van der Waals surface area (Å²) in [6.45, 7) is 0.563. The maximum absolute atomic E-state index is 12.8. The second-order valence-electron chi connectivity index (χ2n) is 7.01. The van der Waals surface area contributed by atoms with Crippen LogP contribution >= 0.6 is 11.6 Å². The Morgan fingerprint density at radius 2 is 1.64 bits per heavy atom. The van der Waals surface area contributed by atoms with Gasteiger partial charge in [-0.1, -0.05) is 35.9 Å². The molecular weight excluding hydrogens is 338 g/mol. The zero-order valence-electron chi connectivity index (χ0n) is 13.4. The van der Waals surface area contributed by atoms with Gasteiger partial charge in [0.25, 0.3) is 0 Å². The Balaban J connectivity index is 1.40. The fraction of sp³-hybridized carbons (Fsp3) is 0.316. The zero-order chi connectivity index (χ0) is 17.1. The zero-order valence-corrected chi connectivity index (χ0v) is 14.1. The van der Waals surface area contributed by atoms with Crippen LogP contribution in [0.4, 0.5) is 5.82 Å². The number of allylic oxidation sites excluding steroid dienone is 2. The minimum absolute atomic E-state index is 0.0939. The number of nitrogens with zero attached hydrogens (tertiary/aromatic N) is 3. The molecule has 4 atom stereocenters. The van der Waals surface area contributed by atoms with Crippen LogP contribution in [0.3, 0.4) is 0 Å². The highest BCUT2D eigenvalue weighted by Crippen LogP contribution is 2.53. The molecule has 126 valence electrons. The van der Waals surface area contributed by atoms with Crippen LogP contribution in [-0.2, 0) is 16.1 Å². The molecular formula is C19H16ClN3O2. The van der Waals surface area contributed by atoms with Crippen molar-refractivity contribution >= 4 is 29.2 Å². The molecule has 25 heavy (non-hydrogen) atoms. The minimum Gasteiger partial charge on any atom is -0.274 e. The van der Waals surface area contributed by atoms with Crippen molar-refractivity contribution in [1.29, 1.82) is 0 Å². The fourth-order valence-electron chi connectivity index (χ4n) is 4.46. The molecule has 2 aromatic rings. The van der Waals surface area contributed by atoms with Gasteiger partial charge >= 0.3 is 0 Å². The molecule has 2 aliphatic carbocycles. The van der Waals surface area contributed by atoms with Crippen LogP contribution in [0.25, 0.3) is 0 Å². The molecule has 5 nitrogen and oxygen atoms in total. The molecule has 0 spiro atoms. The van der Waals surface area contributed by atoms with Crippen molar-refractivity contribution in [2.45, 2.75) is 13.0 Å². The van der Waals surface area contributed by atoms with Crippen molar-refractivity contribution in [2.75, 3.05) is 4.90 Å². The summed E-state index contributed by atoms with van der Waals surface area (Å²) in [5, 5.41) is 5.14. The molecule has 0 N–H and O–H groups in total. The van der Waals surface area contributed by atoms with Gasteiger partial charge in [0.05, 0.1) is 18.4 Å². The maximum Gasteiger partial charge on any atom is 0.239 e. The van der Waals surface area contributed by atoms with Crippen molar-refractivity contribution in [3.05, 3.63) is 59.3 Å². The molecule has 0 radical (unpaired) electrons. The highest BCUT2D eigenvalue weighted by atomic mass is 35.5. The summed E-state index contributed by atoms with van der Waals surface area (Å²) in [5.74, 6) is 0.290. The van der Waals surface area contributed by atoms with Crippen LogP contribution in [0.1, 0.15) is 12.0 Å². The van der Waals surface area contributed by atoms with E-state index in [0.29, 0.717) is 17.4 Å². The van der Waals surface area contributed by atoms with E-state index >= 15 is 0 Å². The monoisotopic (exact) mass is 353 g/mol. The second kappa shape index (κ2) is 5.30. The number of imide groups is 1. The third-order valence-corrected chi connectivity index (χ3v) is 5.84. The van der Waals surface area contributed by atoms with Gasteiger partial charge in [0.2, 0.25) is 11.8 Å². The summed E-state index contributed by atoms with van der Waals surface area (Å²) in [5.41, 5.74) is 1.05. The molecule has 2 fully saturated rings. The molecule has 1 saturated carbocycles. The number of hydrogen-bond acceptors (Lipinski definition) is 3. The highest BCUT2D eigenvalue weighted by molar-refractivity contribution is 6.30. The van der Waals surface area contributed by atoms with Crippen LogP contribution in [-0.4, -0.2) is 21.6 Å². The molecule has 6 heteroatoms. The van der Waals surface area contributed by atoms with E-state index in [9.17, 15) is 9.59 Å². The lowest BCUT2D eigenvalue weighted by atomic mass is 9.85. The predicted octanol–water partition coefficient (Wildman–Crippen LogP) is 2.90. The number of benzene rings is 1. The molecule has 5 rings (SSSR count). The Hall–Kier alpha value is -2.40. The molecule has 1 aromatic carbocycles. The van der Waals surface area contributed by atoms with Crippen molar-refractivity contribution < 1.29 is 9.59 Å². The first kappa shape index (κ1) is 14.9. The number of hydrogen-bond donors (Lipinski definition) is 0. The van der Waals surface area contributed by atoms with E-state index in [1.54, 1.807) is 16.9 Å². The topological polar surface area (TPSA) is 55.2 Å². The Labute approximate surface area is 149 Å². The van der Waals surface area contributed by atoms with E-state index in [0.717, 1.165) is 12.0 Å². The van der Waals surface area contributed by atoms with E-state index in [1.807, 2.05) is 24.3 Å². The van der Waals surface area contributed by atoms with Gasteiger partial charge in [-0.15, -0.1) is 0 Å². The Kier molecular flexibility index (Phi) is 3.16. The quantitative estimate of drug-likeness (QED) is 0.629. The van der Waals surface area contributed by atoms with E-state index < -0.39 is 0 Å². The number of rotatable bonds is 3. The van der Waals surface area contributed by atoms with Crippen LogP contribution in [0.5, 0.6) is 0 Å². The molecule has 1 saturated heterocycles. The average molecular weight is 354 g/mol. The summed E-state index contributed by atoms with van der Waals surface area (Å²) in [7, 11) is 0. The van der Waals surface area contributed by atoms with Crippen LogP contribution in [0.15, 0.2) is 48.7 Å². The lowest BCUT2D eigenvalue weighted by Crippen LogP contribution is -2.33. The third kappa shape index (κ3) is 2.19. The smallest absolute Gasteiger partial charge is 0.239 e. The van der Waals surface area contributed by atoms with Gasteiger partial charge in [-0.2, -0.15) is 5.10 Å². The molecule has 2 bridgehead atoms. The number of aromatic nitrogens is 2. The van der Waals surface area contributed by atoms with E-state index in [1.165, 1.54) is 4.90 Å². The van der Waals surface area contributed by atoms with Crippen LogP contribution in [0.2, 0.25) is 5.02 Å². The number of carbonyl (C=O) groups is 2. The Morgan fingerprint density at radius 1 is 1.00 bits per heavy atom. The summed E-state index contributed by atoms with van der Waals surface area (Å²) < 4.78 is 1.74. The number of carbonyl (C=O) groups excluding carboxylic acids is 2. The maximum atomic E-state index is 12.8. The van der Waals surface area contributed by atoms with E-state index in [4.69, 9.17) is 11.6 Å². The molecule has 1 aromatic heterocycles. The van der Waals surface area contributed by atoms with Crippen molar-refractivity contribution in [3.63, 3.8) is 0 Å². The first-order valence-electron chi connectivity index (χ1n) is 8.46. The highest BCUT2D eigenvalue weighted by Gasteiger charge is 2.59. The number of anilines is 1. The lowest BCUT2D eigenvalue weighted by molar-refractivity contribution is -0.123. The first-order valence-corrected chi connectivity index (χ1v) is 8.83. The first-order chi connectivity index (χ1) is 12.1. The van der Waals surface area contributed by atoms with Crippen molar-refractivity contribution in [1.82, 2.24) is 9.78 Å². The van der Waals surface area contributed by atoms with E-state index in [2.05, 4.69) is 17.3 Å². The number of amides is 2. The van der Waals surface area contributed by atoms with Gasteiger partial charge in [-0.3, -0.25) is 14.3 Å². The van der Waals surface area contributed by atoms with Crippen molar-refractivity contribution in [3.8, 4) is 0 Å². The third-order valence-electron chi connectivity index (χ3n) is 5.58. The van der Waals surface area contributed by atoms with E-state index in [-0.39, 0.29) is 35.5 Å². The predicted molar refractivity (Wildman–Crippen MR) is 93.0 cm³/mol. The minimum atomic E-state index is -0.191. The summed E-state index contributed by atoms with van der Waals surface area (Å²) in [4.78, 5) is 26.9. The number of halogens is 1. The summed E-state index contributed by atoms with van der Waals surface area (Å²) in [6, 6.07) is 9.27. The van der Waals surface area contributed by atoms with Crippen LogP contribution < -0.4 is 4.90 Å². The average Bonchev–Trinajstić information content (AvgIpc) is 3.35. The van der Waals surface area contributed by atoms with Gasteiger partial charge in [0.15, 0.2) is 5.82 Å². The van der Waals surface area contributed by atoms with Crippen LogP contribution in [0, 0.1) is 23.7 Å². The van der Waals surface area contributed by atoms with Gasteiger partial charge in [-0.25, -0.2) is 4.90 Å². The molecule has 2 heterocycles. The molecule has 0 unspecified atom stereocenters. The molecule has 1 aliphatic heterocycles. The second-order valence-corrected chi connectivity index (χ2v) is 7.45. The van der Waals surface area contributed by atoms with Gasteiger partial charge in [0.1, 0.15) is 0 Å². The summed E-state index contributed by atoms with van der Waals surface area (Å²) >= 11 is 5.90. The number of fused-ring (bicyclic) bond motifs is 5.